The molecule has 0 unspecified atom stereocenters. The van der Waals surface area contributed by atoms with Crippen LogP contribution in [0, 0.1) is 0 Å². The predicted octanol–water partition coefficient (Wildman–Crippen LogP) is 4.54. The standard InChI is InChI=1S/C24H29N3O2S2/c1-24(2,3)20-9-11-22(12-10-20)31(28,29)27-15-13-26(14-16-27)23-25-21(18-30-23)17-19-7-5-4-6-8-19/h4-12,18H,13-17H2,1-3H3. The zero-order chi connectivity index (χ0) is 22.1. The van der Waals surface area contributed by atoms with Crippen molar-refractivity contribution in [2.45, 2.75) is 37.5 Å². The molecule has 0 radical (unpaired) electrons. The van der Waals surface area contributed by atoms with Crippen molar-refractivity contribution in [3.05, 3.63) is 76.8 Å². The molecule has 7 heteroatoms. The summed E-state index contributed by atoms with van der Waals surface area (Å²) in [6, 6.07) is 17.6. The zero-order valence-electron chi connectivity index (χ0n) is 18.3. The van der Waals surface area contributed by atoms with Gasteiger partial charge in [0.05, 0.1) is 10.6 Å². The first kappa shape index (κ1) is 22.0. The summed E-state index contributed by atoms with van der Waals surface area (Å²) in [5, 5.41) is 3.07. The summed E-state index contributed by atoms with van der Waals surface area (Å²) in [7, 11) is -3.48. The van der Waals surface area contributed by atoms with E-state index in [0.29, 0.717) is 31.1 Å². The van der Waals surface area contributed by atoms with Gasteiger partial charge in [0.2, 0.25) is 10.0 Å². The fourth-order valence-corrected chi connectivity index (χ4v) is 6.02. The van der Waals surface area contributed by atoms with E-state index in [1.54, 1.807) is 27.8 Å². The zero-order valence-corrected chi connectivity index (χ0v) is 19.9. The van der Waals surface area contributed by atoms with Crippen molar-refractivity contribution in [3.63, 3.8) is 0 Å². The molecule has 0 spiro atoms. The number of thiazole rings is 1. The van der Waals surface area contributed by atoms with Gasteiger partial charge in [-0.1, -0.05) is 63.2 Å². The largest absolute Gasteiger partial charge is 0.345 e. The number of sulfonamides is 1. The Hall–Kier alpha value is -2.22. The van der Waals surface area contributed by atoms with Crippen molar-refractivity contribution in [2.75, 3.05) is 31.1 Å². The maximum atomic E-state index is 13.1. The van der Waals surface area contributed by atoms with Crippen molar-refractivity contribution in [1.82, 2.24) is 9.29 Å². The number of benzene rings is 2. The SMILES string of the molecule is CC(C)(C)c1ccc(S(=O)(=O)N2CCN(c3nc(Cc4ccccc4)cs3)CC2)cc1. The van der Waals surface area contributed by atoms with Crippen LogP contribution in [-0.2, 0) is 21.9 Å². The molecule has 1 aromatic heterocycles. The van der Waals surface area contributed by atoms with Crippen LogP contribution in [0.25, 0.3) is 0 Å². The lowest BCUT2D eigenvalue weighted by molar-refractivity contribution is 0.384. The number of hydrogen-bond donors (Lipinski definition) is 0. The Morgan fingerprint density at radius 1 is 0.935 bits per heavy atom. The highest BCUT2D eigenvalue weighted by Gasteiger charge is 2.29. The van der Waals surface area contributed by atoms with E-state index in [1.165, 1.54) is 5.56 Å². The van der Waals surface area contributed by atoms with Crippen molar-refractivity contribution in [3.8, 4) is 0 Å². The fraction of sp³-hybridized carbons (Fsp3) is 0.375. The first-order chi connectivity index (χ1) is 14.7. The minimum absolute atomic E-state index is 0.000981. The number of piperazine rings is 1. The smallest absolute Gasteiger partial charge is 0.243 e. The van der Waals surface area contributed by atoms with Crippen molar-refractivity contribution >= 4 is 26.5 Å². The van der Waals surface area contributed by atoms with Gasteiger partial charge in [-0.2, -0.15) is 4.31 Å². The van der Waals surface area contributed by atoms with E-state index in [9.17, 15) is 8.42 Å². The lowest BCUT2D eigenvalue weighted by Gasteiger charge is -2.33. The molecule has 5 nitrogen and oxygen atoms in total. The lowest BCUT2D eigenvalue weighted by atomic mass is 9.87. The third kappa shape index (κ3) is 5.00. The highest BCUT2D eigenvalue weighted by molar-refractivity contribution is 7.89. The highest BCUT2D eigenvalue weighted by atomic mass is 32.2. The van der Waals surface area contributed by atoms with Gasteiger partial charge in [-0.25, -0.2) is 13.4 Å². The summed E-state index contributed by atoms with van der Waals surface area (Å²) in [5.41, 5.74) is 3.43. The second-order valence-corrected chi connectivity index (χ2v) is 11.7. The van der Waals surface area contributed by atoms with Crippen LogP contribution in [0.4, 0.5) is 5.13 Å². The number of aromatic nitrogens is 1. The fourth-order valence-electron chi connectivity index (χ4n) is 3.72. The van der Waals surface area contributed by atoms with Crippen LogP contribution in [0.2, 0.25) is 0 Å². The van der Waals surface area contributed by atoms with E-state index < -0.39 is 10.0 Å². The Kier molecular flexibility index (Phi) is 6.19. The average molecular weight is 456 g/mol. The van der Waals surface area contributed by atoms with Crippen LogP contribution in [-0.4, -0.2) is 43.9 Å². The van der Waals surface area contributed by atoms with E-state index in [4.69, 9.17) is 4.98 Å². The molecule has 1 aliphatic rings. The number of rotatable bonds is 5. The van der Waals surface area contributed by atoms with E-state index in [0.717, 1.165) is 22.8 Å². The van der Waals surface area contributed by atoms with Crippen LogP contribution < -0.4 is 4.90 Å². The molecule has 0 aliphatic carbocycles. The van der Waals surface area contributed by atoms with Gasteiger partial charge in [0.1, 0.15) is 0 Å². The summed E-state index contributed by atoms with van der Waals surface area (Å²) in [6.45, 7) is 8.61. The molecule has 1 aliphatic heterocycles. The molecule has 0 atom stereocenters. The summed E-state index contributed by atoms with van der Waals surface area (Å²) in [6.07, 6.45) is 0.816. The summed E-state index contributed by atoms with van der Waals surface area (Å²) < 4.78 is 27.8. The van der Waals surface area contributed by atoms with Crippen LogP contribution in [0.5, 0.6) is 0 Å². The molecule has 0 saturated carbocycles. The quantitative estimate of drug-likeness (QED) is 0.567. The summed E-state index contributed by atoms with van der Waals surface area (Å²) >= 11 is 1.63. The normalized spacial score (nSPS) is 15.9. The molecular formula is C24H29N3O2S2. The van der Waals surface area contributed by atoms with Gasteiger partial charge < -0.3 is 4.90 Å². The minimum atomic E-state index is -3.48. The molecule has 1 fully saturated rings. The molecule has 2 heterocycles. The van der Waals surface area contributed by atoms with Gasteiger partial charge in [0, 0.05) is 38.0 Å². The van der Waals surface area contributed by atoms with Crippen LogP contribution in [0.3, 0.4) is 0 Å². The molecule has 0 bridgehead atoms. The van der Waals surface area contributed by atoms with E-state index >= 15 is 0 Å². The van der Waals surface area contributed by atoms with Crippen molar-refractivity contribution in [1.29, 1.82) is 0 Å². The summed E-state index contributed by atoms with van der Waals surface area (Å²) in [4.78, 5) is 7.34. The maximum absolute atomic E-state index is 13.1. The second-order valence-electron chi connectivity index (χ2n) is 8.95. The highest BCUT2D eigenvalue weighted by Crippen LogP contribution is 2.27. The van der Waals surface area contributed by atoms with Crippen LogP contribution in [0.1, 0.15) is 37.6 Å². The van der Waals surface area contributed by atoms with Crippen molar-refractivity contribution in [2.24, 2.45) is 0 Å². The first-order valence-electron chi connectivity index (χ1n) is 10.6. The molecular weight excluding hydrogens is 426 g/mol. The Labute approximate surface area is 189 Å². The molecule has 0 N–H and O–H groups in total. The molecule has 2 aromatic carbocycles. The van der Waals surface area contributed by atoms with Gasteiger partial charge in [-0.3, -0.25) is 0 Å². The van der Waals surface area contributed by atoms with E-state index in [1.807, 2.05) is 30.3 Å². The van der Waals surface area contributed by atoms with Crippen LogP contribution in [0.15, 0.2) is 64.9 Å². The number of nitrogens with zero attached hydrogens (tertiary/aromatic N) is 3. The molecule has 4 rings (SSSR count). The van der Waals surface area contributed by atoms with Gasteiger partial charge >= 0.3 is 0 Å². The van der Waals surface area contributed by atoms with Crippen LogP contribution >= 0.6 is 11.3 Å². The third-order valence-corrected chi connectivity index (χ3v) is 8.50. The van der Waals surface area contributed by atoms with E-state index in [2.05, 4.69) is 43.2 Å². The molecule has 0 amide bonds. The number of hydrogen-bond acceptors (Lipinski definition) is 5. The van der Waals surface area contributed by atoms with E-state index in [-0.39, 0.29) is 5.41 Å². The summed E-state index contributed by atoms with van der Waals surface area (Å²) in [5.74, 6) is 0. The van der Waals surface area contributed by atoms with Gasteiger partial charge in [0.25, 0.3) is 0 Å². The second kappa shape index (κ2) is 8.73. The maximum Gasteiger partial charge on any atom is 0.243 e. The van der Waals surface area contributed by atoms with Gasteiger partial charge in [-0.05, 0) is 28.7 Å². The van der Waals surface area contributed by atoms with Crippen molar-refractivity contribution < 1.29 is 8.42 Å². The Morgan fingerprint density at radius 2 is 1.58 bits per heavy atom. The Balaban J connectivity index is 1.39. The van der Waals surface area contributed by atoms with Gasteiger partial charge in [-0.15, -0.1) is 11.3 Å². The lowest BCUT2D eigenvalue weighted by Crippen LogP contribution is -2.48. The first-order valence-corrected chi connectivity index (χ1v) is 12.9. The Morgan fingerprint density at radius 3 is 2.19 bits per heavy atom. The minimum Gasteiger partial charge on any atom is -0.345 e. The monoisotopic (exact) mass is 455 g/mol. The Bertz CT molecular complexity index is 1110. The topological polar surface area (TPSA) is 53.5 Å². The van der Waals surface area contributed by atoms with Gasteiger partial charge in [0.15, 0.2) is 5.13 Å². The third-order valence-electron chi connectivity index (χ3n) is 5.63. The average Bonchev–Trinajstić information content (AvgIpc) is 3.22. The number of anilines is 1. The molecule has 31 heavy (non-hydrogen) atoms. The predicted molar refractivity (Wildman–Crippen MR) is 127 cm³/mol. The molecule has 3 aromatic rings. The molecule has 1 saturated heterocycles. The molecule has 164 valence electrons.